The van der Waals surface area contributed by atoms with Crippen LogP contribution in [-0.2, 0) is 55.5 Å². The van der Waals surface area contributed by atoms with Gasteiger partial charge >= 0.3 is 23.5 Å². The van der Waals surface area contributed by atoms with Crippen LogP contribution in [0.25, 0.3) is 11.2 Å². The summed E-state index contributed by atoms with van der Waals surface area (Å²) in [5.41, 5.74) is 3.16. The van der Waals surface area contributed by atoms with Gasteiger partial charge in [0, 0.05) is 43.5 Å². The van der Waals surface area contributed by atoms with E-state index < -0.39 is 84.2 Å². The Morgan fingerprint density at radius 1 is 1.04 bits per heavy atom. The Balaban J connectivity index is 0.00000111. The SMILES string of the molecule is CC(C)(COP(=O)(O)OP(=O)(O)OC[C@H]1O[C@@H](n2cnc3c(N)ncnc32)[C@H](O)[C@@H]1OP(=O)(O)O)[C@@H](O)C(=O)NCCC(=O)NCCS.CC(O)(CC=O)CC=O. The molecule has 11 N–H and O–H groups in total. The van der Waals surface area contributed by atoms with Crippen molar-refractivity contribution in [1.29, 1.82) is 0 Å². The number of aromatic nitrogens is 4. The second-order valence-electron chi connectivity index (χ2n) is 13.0. The number of fused-ring (bicyclic) bond motifs is 1. The summed E-state index contributed by atoms with van der Waals surface area (Å²) in [4.78, 5) is 94.3. The van der Waals surface area contributed by atoms with Crippen molar-refractivity contribution in [2.75, 3.05) is 37.8 Å². The lowest BCUT2D eigenvalue weighted by Gasteiger charge is -2.30. The molecule has 0 spiro atoms. The van der Waals surface area contributed by atoms with Crippen LogP contribution in [0.1, 0.15) is 46.3 Å². The largest absolute Gasteiger partial charge is 0.481 e. The summed E-state index contributed by atoms with van der Waals surface area (Å²) < 4.78 is 61.7. The molecule has 1 fully saturated rings. The number of anilines is 1. The minimum atomic E-state index is -5.54. The van der Waals surface area contributed by atoms with Gasteiger partial charge < -0.3 is 65.6 Å². The second kappa shape index (κ2) is 21.4. The van der Waals surface area contributed by atoms with Gasteiger partial charge in [0.05, 0.1) is 25.1 Å². The van der Waals surface area contributed by atoms with Gasteiger partial charge in [-0.05, 0) is 6.92 Å². The fourth-order valence-electron chi connectivity index (χ4n) is 4.58. The number of ether oxygens (including phenoxy) is 1. The molecule has 2 unspecified atom stereocenters. The van der Waals surface area contributed by atoms with E-state index in [1.54, 1.807) is 0 Å². The normalized spacial score (nSPS) is 21.4. The van der Waals surface area contributed by atoms with Gasteiger partial charge in [-0.2, -0.15) is 16.9 Å². The average molecular weight is 898 g/mol. The highest BCUT2D eigenvalue weighted by atomic mass is 32.1. The molecule has 2 amide bonds. The molecule has 1 aliphatic heterocycles. The molecule has 26 nitrogen and oxygen atoms in total. The summed E-state index contributed by atoms with van der Waals surface area (Å²) in [6, 6.07) is 0. The number of nitrogens with two attached hydrogens (primary N) is 1. The molecule has 0 aromatic carbocycles. The summed E-state index contributed by atoms with van der Waals surface area (Å²) in [5.74, 6) is -0.943. The molecule has 2 aromatic rings. The predicted molar refractivity (Wildman–Crippen MR) is 195 cm³/mol. The number of imidazole rings is 1. The van der Waals surface area contributed by atoms with Crippen LogP contribution >= 0.6 is 36.1 Å². The summed E-state index contributed by atoms with van der Waals surface area (Å²) in [7, 11) is -16.3. The highest BCUT2D eigenvalue weighted by molar-refractivity contribution is 7.80. The van der Waals surface area contributed by atoms with E-state index in [2.05, 4.69) is 47.0 Å². The highest BCUT2D eigenvalue weighted by Gasteiger charge is 2.50. The third-order valence-corrected chi connectivity index (χ3v) is 10.9. The zero-order valence-electron chi connectivity index (χ0n) is 30.5. The number of aliphatic hydroxyl groups excluding tert-OH is 2. The minimum Gasteiger partial charge on any atom is -0.389 e. The van der Waals surface area contributed by atoms with Crippen LogP contribution in [-0.4, -0.2) is 141 Å². The summed E-state index contributed by atoms with van der Waals surface area (Å²) in [6.07, 6.45) is -5.50. The van der Waals surface area contributed by atoms with Crippen LogP contribution in [0.15, 0.2) is 12.7 Å². The molecule has 324 valence electrons. The second-order valence-corrected chi connectivity index (χ2v) is 17.7. The number of hydrogen-bond donors (Lipinski definition) is 11. The van der Waals surface area contributed by atoms with Gasteiger partial charge in [-0.3, -0.25) is 27.7 Å². The number of nitrogens with one attached hydrogen (secondary N) is 2. The van der Waals surface area contributed by atoms with Crippen LogP contribution in [0.4, 0.5) is 5.82 Å². The van der Waals surface area contributed by atoms with Crippen LogP contribution < -0.4 is 16.4 Å². The molecule has 57 heavy (non-hydrogen) atoms. The van der Waals surface area contributed by atoms with Gasteiger partial charge in [0.2, 0.25) is 11.8 Å². The van der Waals surface area contributed by atoms with Gasteiger partial charge in [0.25, 0.3) is 0 Å². The number of nitrogens with zero attached hydrogens (tertiary/aromatic N) is 4. The summed E-state index contributed by atoms with van der Waals surface area (Å²) in [6.45, 7) is 2.18. The number of rotatable bonds is 22. The van der Waals surface area contributed by atoms with Crippen LogP contribution in [0, 0.1) is 5.41 Å². The van der Waals surface area contributed by atoms with E-state index in [4.69, 9.17) is 24.6 Å². The number of phosphoric ester groups is 3. The number of hydrogen-bond acceptors (Lipinski definition) is 20. The first kappa shape index (κ1) is 50.3. The zero-order valence-corrected chi connectivity index (χ0v) is 34.1. The quantitative estimate of drug-likeness (QED) is 0.0354. The molecule has 2 aromatic heterocycles. The van der Waals surface area contributed by atoms with E-state index in [-0.39, 0.29) is 48.7 Å². The van der Waals surface area contributed by atoms with Crippen LogP contribution in [0.5, 0.6) is 0 Å². The van der Waals surface area contributed by atoms with E-state index in [1.807, 2.05) is 0 Å². The highest BCUT2D eigenvalue weighted by Crippen LogP contribution is 2.61. The van der Waals surface area contributed by atoms with Crippen molar-refractivity contribution >= 4 is 77.5 Å². The van der Waals surface area contributed by atoms with E-state index in [0.717, 1.165) is 17.2 Å². The molecule has 0 radical (unpaired) electrons. The lowest BCUT2D eigenvalue weighted by molar-refractivity contribution is -0.137. The predicted octanol–water partition coefficient (Wildman–Crippen LogP) is -1.75. The maximum Gasteiger partial charge on any atom is 0.481 e. The van der Waals surface area contributed by atoms with Crippen LogP contribution in [0.3, 0.4) is 0 Å². The molecule has 1 saturated heterocycles. The Labute approximate surface area is 329 Å². The van der Waals surface area contributed by atoms with Gasteiger partial charge in [0.15, 0.2) is 17.7 Å². The Hall–Kier alpha value is -2.81. The maximum atomic E-state index is 12.6. The number of amides is 2. The zero-order chi connectivity index (χ0) is 43.4. The Morgan fingerprint density at radius 2 is 1.65 bits per heavy atom. The van der Waals surface area contributed by atoms with Gasteiger partial charge in [0.1, 0.15) is 48.8 Å². The summed E-state index contributed by atoms with van der Waals surface area (Å²) in [5, 5.41) is 35.1. The number of carbonyl (C=O) groups is 4. The third-order valence-electron chi connectivity index (χ3n) is 7.56. The number of nitrogen functional groups attached to an aromatic ring is 1. The lowest BCUT2D eigenvalue weighted by atomic mass is 9.87. The molecular weight excluding hydrogens is 851 g/mol. The molecular formula is C27H46N7O19P3S. The number of aliphatic hydroxyl groups is 3. The number of aldehydes is 2. The fraction of sp³-hybridized carbons (Fsp3) is 0.667. The molecule has 3 rings (SSSR count). The van der Waals surface area contributed by atoms with Gasteiger partial charge in [-0.1, -0.05) is 13.8 Å². The maximum absolute atomic E-state index is 12.6. The number of thiol groups is 1. The smallest absolute Gasteiger partial charge is 0.389 e. The number of phosphoric acid groups is 3. The van der Waals surface area contributed by atoms with Crippen molar-refractivity contribution in [2.45, 2.75) is 76.3 Å². The standard InChI is InChI=1S/C21H36N7O16P3S.C6H10O3/c1-21(2,16(31)19(32)24-4-3-12(29)23-5-6-48)8-41-47(38,39)44-46(36,37)40-7-11-15(43-45(33,34)35)14(30)20(42-11)28-10-27-13-17(22)25-9-26-18(13)28;1-6(9,2-4-7)3-5-8/h9-11,14-16,20,30-31,48H,3-8H2,1-2H3,(H,23,29)(H,24,32)(H,36,37)(H,38,39)(H2,22,25,26)(H2,33,34,35);4-5,9H,2-3H2,1H3/t11-,14-,15-,16+,20-;/m1./s1. The monoisotopic (exact) mass is 897 g/mol. The Morgan fingerprint density at radius 3 is 2.23 bits per heavy atom. The molecule has 0 aliphatic carbocycles. The van der Waals surface area contributed by atoms with E-state index in [1.165, 1.54) is 20.8 Å². The molecule has 0 bridgehead atoms. The molecule has 30 heteroatoms. The van der Waals surface area contributed by atoms with Gasteiger partial charge in [-0.25, -0.2) is 28.6 Å². The van der Waals surface area contributed by atoms with Crippen molar-refractivity contribution in [3.05, 3.63) is 12.7 Å². The first-order valence-corrected chi connectivity index (χ1v) is 21.5. The average Bonchev–Trinajstić information content (AvgIpc) is 3.65. The molecule has 3 heterocycles. The molecule has 7 atom stereocenters. The first-order chi connectivity index (χ1) is 26.3. The van der Waals surface area contributed by atoms with E-state index >= 15 is 0 Å². The third kappa shape index (κ3) is 16.4. The molecule has 1 aliphatic rings. The minimum absolute atomic E-state index is 0.0196. The molecule has 0 saturated carbocycles. The first-order valence-electron chi connectivity index (χ1n) is 16.4. The van der Waals surface area contributed by atoms with Crippen molar-refractivity contribution in [2.24, 2.45) is 5.41 Å². The van der Waals surface area contributed by atoms with Crippen LogP contribution in [0.2, 0.25) is 0 Å². The summed E-state index contributed by atoms with van der Waals surface area (Å²) >= 11 is 3.95. The van der Waals surface area contributed by atoms with Crippen molar-refractivity contribution in [3.63, 3.8) is 0 Å². The Bertz CT molecular complexity index is 1820. The van der Waals surface area contributed by atoms with Crippen molar-refractivity contribution in [3.8, 4) is 0 Å². The topological polar surface area (TPSA) is 401 Å². The van der Waals surface area contributed by atoms with E-state index in [0.29, 0.717) is 24.9 Å². The number of carbonyl (C=O) groups excluding carboxylic acids is 4. The van der Waals surface area contributed by atoms with E-state index in [9.17, 15) is 62.7 Å². The van der Waals surface area contributed by atoms with Crippen molar-refractivity contribution in [1.82, 2.24) is 30.2 Å². The fourth-order valence-corrected chi connectivity index (χ4v) is 7.52. The van der Waals surface area contributed by atoms with Gasteiger partial charge in [-0.15, -0.1) is 0 Å². The Kier molecular flexibility index (Phi) is 18.9. The lowest BCUT2D eigenvalue weighted by Crippen LogP contribution is -2.46. The van der Waals surface area contributed by atoms with Crippen molar-refractivity contribution < 1.29 is 90.4 Å².